The Morgan fingerprint density at radius 1 is 1.33 bits per heavy atom. The van der Waals surface area contributed by atoms with Crippen molar-refractivity contribution in [1.82, 2.24) is 24.8 Å². The number of urea groups is 1. The second kappa shape index (κ2) is 8.55. The first-order chi connectivity index (χ1) is 14.2. The van der Waals surface area contributed by atoms with Crippen LogP contribution in [0.2, 0.25) is 0 Å². The van der Waals surface area contributed by atoms with Crippen LogP contribution in [0.1, 0.15) is 13.2 Å². The summed E-state index contributed by atoms with van der Waals surface area (Å²) in [6.07, 6.45) is -3.44. The van der Waals surface area contributed by atoms with E-state index in [9.17, 15) is 30.0 Å². The zero-order valence-corrected chi connectivity index (χ0v) is 16.2. The van der Waals surface area contributed by atoms with Gasteiger partial charge in [-0.3, -0.25) is 19.6 Å². The Hall–Kier alpha value is -2.75. The minimum Gasteiger partial charge on any atom is -0.394 e. The van der Waals surface area contributed by atoms with Crippen molar-refractivity contribution >= 4 is 28.9 Å². The maximum atomic E-state index is 12.4. The van der Waals surface area contributed by atoms with Crippen molar-refractivity contribution in [1.29, 1.82) is 0 Å². The fraction of sp³-hybridized carbons (Fsp3) is 0.562. The lowest BCUT2D eigenvalue weighted by Gasteiger charge is -2.19. The molecule has 30 heavy (non-hydrogen) atoms. The standard InChI is InChI=1S/C16H23N7O7/c1-6(25)8(17)14(28)21-16(29)22(2)12-9-13(19-4-18-12)23(5-20-9)15-11(27)10(26)7(3-24)30-15/h4-8,10-11,15,24-27H,3,17H2,1-2H3,(H,21,28,29)/t6-,7-,8+,10-,11-,15+/m1/s1. The number of imide groups is 1. The molecule has 0 saturated carbocycles. The van der Waals surface area contributed by atoms with Gasteiger partial charge in [0.2, 0.25) is 5.91 Å². The van der Waals surface area contributed by atoms with Crippen molar-refractivity contribution in [2.75, 3.05) is 18.6 Å². The molecule has 14 heteroatoms. The number of hydrogen-bond donors (Lipinski definition) is 6. The van der Waals surface area contributed by atoms with Crippen molar-refractivity contribution in [3.05, 3.63) is 12.7 Å². The van der Waals surface area contributed by atoms with E-state index in [1.807, 2.05) is 0 Å². The number of amides is 3. The molecule has 0 spiro atoms. The highest BCUT2D eigenvalue weighted by atomic mass is 16.6. The number of aliphatic hydroxyl groups excluding tert-OH is 4. The van der Waals surface area contributed by atoms with Gasteiger partial charge in [-0.1, -0.05) is 0 Å². The van der Waals surface area contributed by atoms with E-state index >= 15 is 0 Å². The number of carbonyl (C=O) groups excluding carboxylic acids is 2. The fourth-order valence-corrected chi connectivity index (χ4v) is 2.97. The largest absolute Gasteiger partial charge is 0.394 e. The molecular formula is C16H23N7O7. The van der Waals surface area contributed by atoms with Crippen molar-refractivity contribution in [2.24, 2.45) is 5.73 Å². The molecule has 3 heterocycles. The monoisotopic (exact) mass is 425 g/mol. The number of aliphatic hydroxyl groups is 4. The number of hydrogen-bond acceptors (Lipinski definition) is 11. The molecule has 1 saturated heterocycles. The molecule has 0 unspecified atom stereocenters. The molecule has 0 bridgehead atoms. The molecule has 0 aromatic carbocycles. The van der Waals surface area contributed by atoms with Crippen LogP contribution in [0.25, 0.3) is 11.2 Å². The van der Waals surface area contributed by atoms with Crippen molar-refractivity contribution in [3.8, 4) is 0 Å². The van der Waals surface area contributed by atoms with Crippen LogP contribution in [-0.4, -0.2) is 96.0 Å². The molecule has 164 valence electrons. The van der Waals surface area contributed by atoms with Gasteiger partial charge in [0.15, 0.2) is 23.2 Å². The van der Waals surface area contributed by atoms with Crippen LogP contribution in [0.3, 0.4) is 0 Å². The molecular weight excluding hydrogens is 402 g/mol. The van der Waals surface area contributed by atoms with Gasteiger partial charge in [0.25, 0.3) is 0 Å². The second-order valence-corrected chi connectivity index (χ2v) is 6.87. The second-order valence-electron chi connectivity index (χ2n) is 6.87. The predicted molar refractivity (Wildman–Crippen MR) is 99.9 cm³/mol. The Kier molecular flexibility index (Phi) is 6.25. The molecule has 2 aromatic heterocycles. The van der Waals surface area contributed by atoms with Gasteiger partial charge in [-0.2, -0.15) is 0 Å². The minimum atomic E-state index is -1.35. The van der Waals surface area contributed by atoms with Crippen LogP contribution in [0.15, 0.2) is 12.7 Å². The molecule has 2 aromatic rings. The number of rotatable bonds is 5. The minimum absolute atomic E-state index is 0.0430. The summed E-state index contributed by atoms with van der Waals surface area (Å²) in [4.78, 5) is 37.6. The van der Waals surface area contributed by atoms with Gasteiger partial charge < -0.3 is 30.9 Å². The van der Waals surface area contributed by atoms with Crippen molar-refractivity contribution < 1.29 is 34.8 Å². The van der Waals surface area contributed by atoms with Crippen LogP contribution < -0.4 is 16.0 Å². The zero-order chi connectivity index (χ0) is 22.2. The maximum absolute atomic E-state index is 12.4. The Labute approximate surface area is 169 Å². The van der Waals surface area contributed by atoms with Crippen LogP contribution in [0.5, 0.6) is 0 Å². The summed E-state index contributed by atoms with van der Waals surface area (Å²) in [5, 5.41) is 40.9. The van der Waals surface area contributed by atoms with Gasteiger partial charge in [-0.05, 0) is 6.92 Å². The molecule has 7 N–H and O–H groups in total. The quantitative estimate of drug-likeness (QED) is 0.281. The van der Waals surface area contributed by atoms with Gasteiger partial charge in [0.1, 0.15) is 30.7 Å². The Morgan fingerprint density at radius 3 is 2.63 bits per heavy atom. The average molecular weight is 425 g/mol. The summed E-state index contributed by atoms with van der Waals surface area (Å²) in [5.41, 5.74) is 5.84. The Balaban J connectivity index is 1.87. The maximum Gasteiger partial charge on any atom is 0.329 e. The van der Waals surface area contributed by atoms with Crippen molar-refractivity contribution in [3.63, 3.8) is 0 Å². The van der Waals surface area contributed by atoms with Crippen LogP contribution in [-0.2, 0) is 9.53 Å². The van der Waals surface area contributed by atoms with Crippen LogP contribution in [0, 0.1) is 0 Å². The normalized spacial score (nSPS) is 25.8. The molecule has 0 radical (unpaired) electrons. The molecule has 3 amide bonds. The third-order valence-corrected chi connectivity index (χ3v) is 4.81. The zero-order valence-electron chi connectivity index (χ0n) is 16.2. The van der Waals surface area contributed by atoms with E-state index in [2.05, 4.69) is 20.3 Å². The Morgan fingerprint density at radius 2 is 2.03 bits per heavy atom. The molecule has 1 aliphatic heterocycles. The van der Waals surface area contributed by atoms with Gasteiger partial charge in [-0.25, -0.2) is 19.7 Å². The van der Waals surface area contributed by atoms with E-state index < -0.39 is 55.2 Å². The first-order valence-corrected chi connectivity index (χ1v) is 8.99. The van der Waals surface area contributed by atoms with E-state index in [1.165, 1.54) is 24.9 Å². The van der Waals surface area contributed by atoms with E-state index in [4.69, 9.17) is 10.5 Å². The highest BCUT2D eigenvalue weighted by Gasteiger charge is 2.44. The predicted octanol–water partition coefficient (Wildman–Crippen LogP) is -3.18. The van der Waals surface area contributed by atoms with E-state index in [0.29, 0.717) is 0 Å². The number of carbonyl (C=O) groups is 2. The SMILES string of the molecule is C[C@@H](O)[C@H](N)C(=O)NC(=O)N(C)c1ncnc2c1ncn2[C@H]1O[C@H](CO)[C@@H](O)[C@H]1O. The van der Waals surface area contributed by atoms with E-state index in [1.54, 1.807) is 0 Å². The molecule has 14 nitrogen and oxygen atoms in total. The average Bonchev–Trinajstić information content (AvgIpc) is 3.27. The Bertz CT molecular complexity index is 936. The number of aromatic nitrogens is 4. The van der Waals surface area contributed by atoms with Gasteiger partial charge in [-0.15, -0.1) is 0 Å². The first-order valence-electron chi connectivity index (χ1n) is 8.99. The highest BCUT2D eigenvalue weighted by Crippen LogP contribution is 2.32. The van der Waals surface area contributed by atoms with E-state index in [0.717, 1.165) is 11.2 Å². The van der Waals surface area contributed by atoms with Gasteiger partial charge >= 0.3 is 6.03 Å². The number of anilines is 1. The third kappa shape index (κ3) is 3.83. The summed E-state index contributed by atoms with van der Waals surface area (Å²) in [7, 11) is 1.34. The number of fused-ring (bicyclic) bond motifs is 1. The topological polar surface area (TPSA) is 209 Å². The van der Waals surface area contributed by atoms with Crippen molar-refractivity contribution in [2.45, 2.75) is 43.6 Å². The number of nitrogens with zero attached hydrogens (tertiary/aromatic N) is 5. The van der Waals surface area contributed by atoms with Crippen LogP contribution >= 0.6 is 0 Å². The molecule has 3 rings (SSSR count). The molecule has 1 aliphatic rings. The summed E-state index contributed by atoms with van der Waals surface area (Å²) in [6.45, 7) is 0.823. The number of nitrogens with one attached hydrogen (secondary N) is 1. The summed E-state index contributed by atoms with van der Waals surface area (Å²) >= 11 is 0. The summed E-state index contributed by atoms with van der Waals surface area (Å²) in [5.74, 6) is -0.828. The number of ether oxygens (including phenoxy) is 1. The highest BCUT2D eigenvalue weighted by molar-refractivity contribution is 6.06. The summed E-state index contributed by atoms with van der Waals surface area (Å²) in [6, 6.07) is -2.16. The lowest BCUT2D eigenvalue weighted by atomic mass is 10.1. The number of imidazole rings is 1. The summed E-state index contributed by atoms with van der Waals surface area (Å²) < 4.78 is 6.81. The lowest BCUT2D eigenvalue weighted by molar-refractivity contribution is -0.123. The fourth-order valence-electron chi connectivity index (χ4n) is 2.97. The lowest BCUT2D eigenvalue weighted by Crippen LogP contribution is -2.52. The van der Waals surface area contributed by atoms with E-state index in [-0.39, 0.29) is 17.0 Å². The molecule has 6 atom stereocenters. The smallest absolute Gasteiger partial charge is 0.329 e. The number of nitrogens with two attached hydrogens (primary N) is 1. The third-order valence-electron chi connectivity index (χ3n) is 4.81. The van der Waals surface area contributed by atoms with Gasteiger partial charge in [0.05, 0.1) is 19.0 Å². The first kappa shape index (κ1) is 21.9. The molecule has 1 fully saturated rings. The van der Waals surface area contributed by atoms with Crippen LogP contribution in [0.4, 0.5) is 10.6 Å². The molecule has 0 aliphatic carbocycles. The van der Waals surface area contributed by atoms with Gasteiger partial charge in [0, 0.05) is 7.05 Å².